The van der Waals surface area contributed by atoms with Crippen LogP contribution in [0.3, 0.4) is 0 Å². The highest BCUT2D eigenvalue weighted by Gasteiger charge is 2.44. The number of nitriles is 1. The van der Waals surface area contributed by atoms with Crippen molar-refractivity contribution in [3.63, 3.8) is 0 Å². The van der Waals surface area contributed by atoms with Crippen LogP contribution >= 0.6 is 11.8 Å². The van der Waals surface area contributed by atoms with E-state index < -0.39 is 0 Å². The molecule has 0 aromatic carbocycles. The first kappa shape index (κ1) is 7.94. The molecule has 0 heterocycles. The minimum Gasteiger partial charge on any atom is -0.197 e. The molecule has 56 valence electrons. The predicted octanol–water partition coefficient (Wildman–Crippen LogP) is 2.43. The Kier molecular flexibility index (Phi) is 2.25. The third kappa shape index (κ3) is 1.03. The van der Waals surface area contributed by atoms with Gasteiger partial charge in [-0.15, -0.1) is 11.8 Å². The van der Waals surface area contributed by atoms with Crippen LogP contribution in [0.4, 0.5) is 0 Å². The normalized spacial score (nSPS) is 38.3. The van der Waals surface area contributed by atoms with Crippen LogP contribution in [0.5, 0.6) is 0 Å². The van der Waals surface area contributed by atoms with Gasteiger partial charge in [0.2, 0.25) is 0 Å². The molecule has 1 saturated carbocycles. The third-order valence-electron chi connectivity index (χ3n) is 2.34. The lowest BCUT2D eigenvalue weighted by Gasteiger charge is -2.41. The Balaban J connectivity index is 2.54. The van der Waals surface area contributed by atoms with E-state index in [0.29, 0.717) is 5.92 Å². The summed E-state index contributed by atoms with van der Waals surface area (Å²) in [6, 6.07) is 2.43. The van der Waals surface area contributed by atoms with E-state index in [0.717, 1.165) is 12.2 Å². The lowest BCUT2D eigenvalue weighted by molar-refractivity contribution is 0.297. The van der Waals surface area contributed by atoms with Gasteiger partial charge in [0.05, 0.1) is 6.07 Å². The van der Waals surface area contributed by atoms with Gasteiger partial charge >= 0.3 is 0 Å². The Hall–Kier alpha value is -0.160. The maximum atomic E-state index is 8.87. The standard InChI is InChI=1S/C8H13NS/c1-3-10-8(6-9)5-4-7(8)2/h7H,3-5H2,1-2H3. The lowest BCUT2D eigenvalue weighted by atomic mass is 9.75. The van der Waals surface area contributed by atoms with Gasteiger partial charge in [-0.05, 0) is 24.5 Å². The predicted molar refractivity (Wildman–Crippen MR) is 44.9 cm³/mol. The van der Waals surface area contributed by atoms with Gasteiger partial charge in [-0.25, -0.2) is 0 Å². The first-order chi connectivity index (χ1) is 4.75. The number of hydrogen-bond donors (Lipinski definition) is 0. The van der Waals surface area contributed by atoms with Gasteiger partial charge in [-0.1, -0.05) is 13.8 Å². The molecule has 2 atom stereocenters. The molecule has 10 heavy (non-hydrogen) atoms. The average Bonchev–Trinajstić information content (AvgIpc) is 1.97. The first-order valence-corrected chi connectivity index (χ1v) is 4.79. The molecule has 0 N–H and O–H groups in total. The largest absolute Gasteiger partial charge is 0.197 e. The van der Waals surface area contributed by atoms with Crippen LogP contribution in [0.2, 0.25) is 0 Å². The summed E-state index contributed by atoms with van der Waals surface area (Å²) in [5, 5.41) is 8.87. The summed E-state index contributed by atoms with van der Waals surface area (Å²) in [6.07, 6.45) is 2.34. The number of hydrogen-bond acceptors (Lipinski definition) is 2. The Bertz CT molecular complexity index is 161. The molecule has 2 unspecified atom stereocenters. The third-order valence-corrected chi connectivity index (χ3v) is 3.84. The Morgan fingerprint density at radius 3 is 2.60 bits per heavy atom. The summed E-state index contributed by atoms with van der Waals surface area (Å²) in [5.74, 6) is 1.68. The molecule has 1 rings (SSSR count). The molecule has 2 heteroatoms. The van der Waals surface area contributed by atoms with Crippen molar-refractivity contribution in [1.29, 1.82) is 5.26 Å². The molecular weight excluding hydrogens is 142 g/mol. The van der Waals surface area contributed by atoms with Crippen molar-refractivity contribution in [1.82, 2.24) is 0 Å². The van der Waals surface area contributed by atoms with Gasteiger partial charge in [-0.2, -0.15) is 5.26 Å². The molecule has 0 aliphatic heterocycles. The number of nitrogens with zero attached hydrogens (tertiary/aromatic N) is 1. The van der Waals surface area contributed by atoms with Crippen LogP contribution in [0, 0.1) is 17.2 Å². The lowest BCUT2D eigenvalue weighted by Crippen LogP contribution is -2.41. The highest BCUT2D eigenvalue weighted by atomic mass is 32.2. The molecular formula is C8H13NS. The fourth-order valence-electron chi connectivity index (χ4n) is 1.37. The van der Waals surface area contributed by atoms with Crippen LogP contribution in [-0.2, 0) is 0 Å². The molecule has 0 aromatic heterocycles. The molecule has 1 aliphatic carbocycles. The summed E-state index contributed by atoms with van der Waals surface area (Å²) >= 11 is 1.81. The van der Waals surface area contributed by atoms with Gasteiger partial charge in [-0.3, -0.25) is 0 Å². The van der Waals surface area contributed by atoms with Crippen LogP contribution in [0.15, 0.2) is 0 Å². The van der Waals surface area contributed by atoms with E-state index >= 15 is 0 Å². The minimum absolute atomic E-state index is 0.00521. The molecule has 0 bridgehead atoms. The van der Waals surface area contributed by atoms with E-state index in [9.17, 15) is 0 Å². The second kappa shape index (κ2) is 2.84. The van der Waals surface area contributed by atoms with E-state index in [1.807, 2.05) is 11.8 Å². The summed E-state index contributed by atoms with van der Waals surface area (Å²) < 4.78 is -0.00521. The van der Waals surface area contributed by atoms with Gasteiger partial charge in [0.15, 0.2) is 0 Å². The summed E-state index contributed by atoms with van der Waals surface area (Å²) in [5.41, 5.74) is 0. The van der Waals surface area contributed by atoms with E-state index in [1.165, 1.54) is 6.42 Å². The summed E-state index contributed by atoms with van der Waals surface area (Å²) in [7, 11) is 0. The van der Waals surface area contributed by atoms with Crippen molar-refractivity contribution in [3.8, 4) is 6.07 Å². The average molecular weight is 155 g/mol. The van der Waals surface area contributed by atoms with E-state index in [2.05, 4.69) is 19.9 Å². The molecule has 1 fully saturated rings. The SMILES string of the molecule is CCSC1(C#N)CCC1C. The van der Waals surface area contributed by atoms with Crippen molar-refractivity contribution >= 4 is 11.8 Å². The number of rotatable bonds is 2. The molecule has 0 radical (unpaired) electrons. The van der Waals surface area contributed by atoms with Gasteiger partial charge in [0.1, 0.15) is 4.75 Å². The molecule has 0 amide bonds. The number of thioether (sulfide) groups is 1. The minimum atomic E-state index is -0.00521. The monoisotopic (exact) mass is 155 g/mol. The highest BCUT2D eigenvalue weighted by molar-refractivity contribution is 8.00. The zero-order valence-electron chi connectivity index (χ0n) is 6.55. The van der Waals surface area contributed by atoms with Crippen molar-refractivity contribution in [2.75, 3.05) is 5.75 Å². The molecule has 1 aliphatic rings. The van der Waals surface area contributed by atoms with E-state index in [4.69, 9.17) is 5.26 Å². The first-order valence-electron chi connectivity index (χ1n) is 3.80. The van der Waals surface area contributed by atoms with Crippen LogP contribution < -0.4 is 0 Å². The zero-order valence-corrected chi connectivity index (χ0v) is 7.37. The maximum Gasteiger partial charge on any atom is 0.105 e. The van der Waals surface area contributed by atoms with Crippen molar-refractivity contribution < 1.29 is 0 Å². The van der Waals surface area contributed by atoms with Crippen molar-refractivity contribution in [3.05, 3.63) is 0 Å². The van der Waals surface area contributed by atoms with Gasteiger partial charge in [0, 0.05) is 0 Å². The van der Waals surface area contributed by atoms with E-state index in [1.54, 1.807) is 0 Å². The molecule has 0 spiro atoms. The Labute approximate surface area is 66.8 Å². The fourth-order valence-corrected chi connectivity index (χ4v) is 2.61. The quantitative estimate of drug-likeness (QED) is 0.611. The van der Waals surface area contributed by atoms with Crippen molar-refractivity contribution in [2.24, 2.45) is 5.92 Å². The van der Waals surface area contributed by atoms with Crippen LogP contribution in [0.1, 0.15) is 26.7 Å². The maximum absolute atomic E-state index is 8.87. The fraction of sp³-hybridized carbons (Fsp3) is 0.875. The topological polar surface area (TPSA) is 23.8 Å². The second-order valence-electron chi connectivity index (χ2n) is 2.87. The smallest absolute Gasteiger partial charge is 0.105 e. The van der Waals surface area contributed by atoms with Gasteiger partial charge in [0.25, 0.3) is 0 Å². The summed E-state index contributed by atoms with van der Waals surface area (Å²) in [6.45, 7) is 4.30. The highest BCUT2D eigenvalue weighted by Crippen LogP contribution is 2.48. The molecule has 1 nitrogen and oxygen atoms in total. The molecule has 0 saturated heterocycles. The Morgan fingerprint density at radius 1 is 1.80 bits per heavy atom. The van der Waals surface area contributed by atoms with Crippen molar-refractivity contribution in [2.45, 2.75) is 31.4 Å². The second-order valence-corrected chi connectivity index (χ2v) is 4.47. The Morgan fingerprint density at radius 2 is 2.50 bits per heavy atom. The molecule has 0 aromatic rings. The van der Waals surface area contributed by atoms with Gasteiger partial charge < -0.3 is 0 Å². The van der Waals surface area contributed by atoms with Crippen LogP contribution in [0.25, 0.3) is 0 Å². The van der Waals surface area contributed by atoms with Crippen LogP contribution in [-0.4, -0.2) is 10.5 Å². The van der Waals surface area contributed by atoms with E-state index in [-0.39, 0.29) is 4.75 Å². The summed E-state index contributed by atoms with van der Waals surface area (Å²) in [4.78, 5) is 0. The zero-order chi connectivity index (χ0) is 7.61.